The Morgan fingerprint density at radius 2 is 1.87 bits per heavy atom. The first-order valence-electron chi connectivity index (χ1n) is 9.29. The number of nitrogens with zero attached hydrogens (tertiary/aromatic N) is 3. The predicted octanol–water partition coefficient (Wildman–Crippen LogP) is 2.79. The number of benzene rings is 2. The number of amides is 1. The van der Waals surface area contributed by atoms with Gasteiger partial charge in [0.2, 0.25) is 15.9 Å². The summed E-state index contributed by atoms with van der Waals surface area (Å²) in [5.74, 6) is -0.153. The topological polar surface area (TPSA) is 84.3 Å². The molecule has 1 aromatic heterocycles. The second-order valence-electron chi connectivity index (χ2n) is 6.90. The van der Waals surface area contributed by atoms with Gasteiger partial charge in [-0.05, 0) is 49.7 Å². The molecule has 30 heavy (non-hydrogen) atoms. The Morgan fingerprint density at radius 1 is 1.20 bits per heavy atom. The highest BCUT2D eigenvalue weighted by molar-refractivity contribution is 7.92. The number of halogens is 1. The summed E-state index contributed by atoms with van der Waals surface area (Å²) in [5, 5.41) is 2.80. The minimum atomic E-state index is -3.77. The third-order valence-electron chi connectivity index (χ3n) is 4.70. The lowest BCUT2D eigenvalue weighted by atomic mass is 10.1. The highest BCUT2D eigenvalue weighted by Crippen LogP contribution is 2.21. The summed E-state index contributed by atoms with van der Waals surface area (Å²) in [5.41, 5.74) is 1.95. The maximum Gasteiger partial charge on any atom is 0.243 e. The van der Waals surface area contributed by atoms with E-state index < -0.39 is 27.8 Å². The molecular formula is C21H23FN4O3S. The molecule has 3 rings (SSSR count). The third-order valence-corrected chi connectivity index (χ3v) is 5.94. The number of aryl methyl sites for hydroxylation is 1. The number of nitrogens with one attached hydrogen (secondary N) is 1. The second kappa shape index (κ2) is 8.66. The molecule has 9 heteroatoms. The van der Waals surface area contributed by atoms with E-state index in [4.69, 9.17) is 0 Å². The number of sulfonamides is 1. The van der Waals surface area contributed by atoms with Gasteiger partial charge in [-0.3, -0.25) is 9.10 Å². The van der Waals surface area contributed by atoms with Crippen molar-refractivity contribution in [2.24, 2.45) is 0 Å². The van der Waals surface area contributed by atoms with Crippen molar-refractivity contribution in [3.05, 3.63) is 78.1 Å². The lowest BCUT2D eigenvalue weighted by Gasteiger charge is -2.28. The average molecular weight is 431 g/mol. The van der Waals surface area contributed by atoms with E-state index in [-0.39, 0.29) is 12.2 Å². The van der Waals surface area contributed by atoms with Gasteiger partial charge in [-0.15, -0.1) is 0 Å². The second-order valence-corrected chi connectivity index (χ2v) is 8.76. The van der Waals surface area contributed by atoms with Crippen LogP contribution in [0.2, 0.25) is 0 Å². The van der Waals surface area contributed by atoms with Crippen LogP contribution in [0.15, 0.2) is 60.9 Å². The highest BCUT2D eigenvalue weighted by atomic mass is 32.2. The first-order chi connectivity index (χ1) is 14.2. The summed E-state index contributed by atoms with van der Waals surface area (Å²) >= 11 is 0. The Hall–Kier alpha value is -3.20. The van der Waals surface area contributed by atoms with Crippen molar-refractivity contribution in [3.63, 3.8) is 0 Å². The van der Waals surface area contributed by atoms with E-state index in [0.717, 1.165) is 39.8 Å². The fraction of sp³-hybridized carbons (Fsp3) is 0.238. The van der Waals surface area contributed by atoms with Crippen molar-refractivity contribution in [2.75, 3.05) is 10.6 Å². The molecule has 1 N–H and O–H groups in total. The molecule has 1 atom stereocenters. The van der Waals surface area contributed by atoms with Gasteiger partial charge in [-0.1, -0.05) is 18.2 Å². The molecule has 158 valence electrons. The monoisotopic (exact) mass is 430 g/mol. The number of imidazole rings is 1. The van der Waals surface area contributed by atoms with E-state index in [1.54, 1.807) is 6.20 Å². The van der Waals surface area contributed by atoms with Crippen LogP contribution in [0, 0.1) is 12.7 Å². The van der Waals surface area contributed by atoms with E-state index in [2.05, 4.69) is 10.3 Å². The molecule has 0 fully saturated rings. The van der Waals surface area contributed by atoms with Crippen LogP contribution in [0.5, 0.6) is 0 Å². The predicted molar refractivity (Wildman–Crippen MR) is 113 cm³/mol. The highest BCUT2D eigenvalue weighted by Gasteiger charge is 2.29. The molecule has 3 aromatic rings. The van der Waals surface area contributed by atoms with Gasteiger partial charge in [-0.25, -0.2) is 17.8 Å². The molecule has 0 aliphatic heterocycles. The van der Waals surface area contributed by atoms with Crippen molar-refractivity contribution in [3.8, 4) is 5.69 Å². The number of para-hydroxylation sites is 1. The number of anilines is 1. The molecule has 7 nitrogen and oxygen atoms in total. The third kappa shape index (κ3) is 4.68. The van der Waals surface area contributed by atoms with Gasteiger partial charge >= 0.3 is 0 Å². The Balaban J connectivity index is 1.80. The van der Waals surface area contributed by atoms with Crippen LogP contribution < -0.4 is 9.62 Å². The molecule has 0 bridgehead atoms. The average Bonchev–Trinajstić information content (AvgIpc) is 3.12. The first kappa shape index (κ1) is 21.5. The van der Waals surface area contributed by atoms with Crippen LogP contribution in [0.4, 0.5) is 10.1 Å². The summed E-state index contributed by atoms with van der Waals surface area (Å²) < 4.78 is 40.8. The quantitative estimate of drug-likeness (QED) is 0.625. The summed E-state index contributed by atoms with van der Waals surface area (Å²) in [4.78, 5) is 17.0. The molecule has 1 heterocycles. The normalized spacial score (nSPS) is 12.4. The molecule has 0 aliphatic carbocycles. The number of hydrogen-bond acceptors (Lipinski definition) is 4. The van der Waals surface area contributed by atoms with Crippen molar-refractivity contribution >= 4 is 21.6 Å². The molecule has 0 radical (unpaired) electrons. The number of rotatable bonds is 7. The fourth-order valence-electron chi connectivity index (χ4n) is 3.25. The van der Waals surface area contributed by atoms with E-state index >= 15 is 0 Å². The van der Waals surface area contributed by atoms with Gasteiger partial charge in [0, 0.05) is 18.9 Å². The summed E-state index contributed by atoms with van der Waals surface area (Å²) in [6.45, 7) is 3.58. The van der Waals surface area contributed by atoms with Crippen molar-refractivity contribution < 1.29 is 17.6 Å². The lowest BCUT2D eigenvalue weighted by molar-refractivity contribution is -0.122. The minimum absolute atomic E-state index is 0.206. The van der Waals surface area contributed by atoms with Gasteiger partial charge in [0.25, 0.3) is 0 Å². The van der Waals surface area contributed by atoms with Crippen LogP contribution in [0.3, 0.4) is 0 Å². The van der Waals surface area contributed by atoms with E-state index in [1.807, 2.05) is 42.0 Å². The van der Waals surface area contributed by atoms with Crippen molar-refractivity contribution in [2.45, 2.75) is 26.4 Å². The van der Waals surface area contributed by atoms with Gasteiger partial charge in [0.1, 0.15) is 17.7 Å². The van der Waals surface area contributed by atoms with Crippen LogP contribution >= 0.6 is 0 Å². The zero-order valence-corrected chi connectivity index (χ0v) is 17.7. The first-order valence-corrected chi connectivity index (χ1v) is 11.1. The molecule has 0 aliphatic rings. The zero-order chi connectivity index (χ0) is 21.9. The Kier molecular flexibility index (Phi) is 6.21. The van der Waals surface area contributed by atoms with E-state index in [9.17, 15) is 17.6 Å². The zero-order valence-electron chi connectivity index (χ0n) is 16.9. The minimum Gasteiger partial charge on any atom is -0.350 e. The van der Waals surface area contributed by atoms with Crippen LogP contribution in [0.1, 0.15) is 18.3 Å². The standard InChI is InChI=1S/C21H23FN4O3S/c1-15(26(30(3,28)29)19-10-8-18(22)9-11-19)21(27)24-14-17-6-4-5-7-20(17)25-13-12-23-16(25)2/h4-13,15H,14H2,1-3H3,(H,24,27)/t15-/m1/s1. The fourth-order valence-corrected chi connectivity index (χ4v) is 4.43. The number of carbonyl (C=O) groups is 1. The van der Waals surface area contributed by atoms with E-state index in [0.29, 0.717) is 0 Å². The largest absolute Gasteiger partial charge is 0.350 e. The van der Waals surface area contributed by atoms with E-state index in [1.165, 1.54) is 19.1 Å². The van der Waals surface area contributed by atoms with Crippen LogP contribution in [-0.4, -0.2) is 36.2 Å². The van der Waals surface area contributed by atoms with Crippen molar-refractivity contribution in [1.29, 1.82) is 0 Å². The molecule has 0 saturated heterocycles. The van der Waals surface area contributed by atoms with Gasteiger partial charge in [-0.2, -0.15) is 0 Å². The SMILES string of the molecule is Cc1nccn1-c1ccccc1CNC(=O)[C@@H](C)N(c1ccc(F)cc1)S(C)(=O)=O. The molecule has 0 saturated carbocycles. The Labute approximate surface area is 175 Å². The van der Waals surface area contributed by atoms with Crippen molar-refractivity contribution in [1.82, 2.24) is 14.9 Å². The van der Waals surface area contributed by atoms with Gasteiger partial charge in [0.15, 0.2) is 0 Å². The lowest BCUT2D eigenvalue weighted by Crippen LogP contribution is -2.47. The summed E-state index contributed by atoms with van der Waals surface area (Å²) in [6, 6.07) is 11.5. The summed E-state index contributed by atoms with van der Waals surface area (Å²) in [6.07, 6.45) is 4.54. The summed E-state index contributed by atoms with van der Waals surface area (Å²) in [7, 11) is -3.77. The maximum absolute atomic E-state index is 13.2. The Morgan fingerprint density at radius 3 is 2.47 bits per heavy atom. The molecule has 0 unspecified atom stereocenters. The number of carbonyl (C=O) groups excluding carboxylic acids is 1. The number of hydrogen-bond donors (Lipinski definition) is 1. The molecular weight excluding hydrogens is 407 g/mol. The van der Waals surface area contributed by atoms with Gasteiger partial charge in [0.05, 0.1) is 17.6 Å². The number of aromatic nitrogens is 2. The molecule has 1 amide bonds. The smallest absolute Gasteiger partial charge is 0.243 e. The Bertz CT molecular complexity index is 1140. The van der Waals surface area contributed by atoms with Crippen LogP contribution in [0.25, 0.3) is 5.69 Å². The molecule has 0 spiro atoms. The van der Waals surface area contributed by atoms with Gasteiger partial charge < -0.3 is 9.88 Å². The maximum atomic E-state index is 13.2. The molecule has 2 aromatic carbocycles. The van der Waals surface area contributed by atoms with Crippen LogP contribution in [-0.2, 0) is 21.4 Å².